The quantitative estimate of drug-likeness (QED) is 0.593. The molecule has 5 nitrogen and oxygen atoms in total. The first-order chi connectivity index (χ1) is 11.0. The van der Waals surface area contributed by atoms with Gasteiger partial charge in [-0.25, -0.2) is 0 Å². The van der Waals surface area contributed by atoms with E-state index < -0.39 is 17.2 Å². The Hall–Kier alpha value is -1.36. The van der Waals surface area contributed by atoms with Gasteiger partial charge in [-0.2, -0.15) is 0 Å². The molecule has 2 N–H and O–H groups in total. The van der Waals surface area contributed by atoms with Crippen LogP contribution in [0.2, 0.25) is 0 Å². The van der Waals surface area contributed by atoms with Crippen molar-refractivity contribution in [1.29, 1.82) is 0 Å². The zero-order valence-corrected chi connectivity index (χ0v) is 15.2. The smallest absolute Gasteiger partial charge is 0.306 e. The van der Waals surface area contributed by atoms with Gasteiger partial charge in [-0.1, -0.05) is 19.1 Å². The zero-order valence-electron chi connectivity index (χ0n) is 15.2. The molecule has 1 heterocycles. The highest BCUT2D eigenvalue weighted by molar-refractivity contribution is 5.70. The van der Waals surface area contributed by atoms with Gasteiger partial charge in [-0.15, -0.1) is 0 Å². The van der Waals surface area contributed by atoms with Gasteiger partial charge in [0.25, 0.3) is 0 Å². The molecule has 0 spiro atoms. The minimum Gasteiger partial charge on any atom is -0.481 e. The maximum atomic E-state index is 11.9. The number of aliphatic hydroxyl groups is 1. The molecule has 1 saturated carbocycles. The molecular formula is C19H30O5. The first-order valence-electron chi connectivity index (χ1n) is 8.82. The molecule has 2 fully saturated rings. The number of ether oxygens (including phenoxy) is 1. The fourth-order valence-corrected chi connectivity index (χ4v) is 4.39. The van der Waals surface area contributed by atoms with Crippen molar-refractivity contribution in [3.8, 4) is 0 Å². The fraction of sp³-hybridized carbons (Fsp3) is 0.789. The number of allylic oxidation sites excluding steroid dienone is 1. The van der Waals surface area contributed by atoms with Gasteiger partial charge < -0.3 is 14.9 Å². The molecule has 0 amide bonds. The second-order valence-electron chi connectivity index (χ2n) is 8.46. The molecule has 0 aromatic heterocycles. The number of hydrogen-bond donors (Lipinski definition) is 2. The average Bonchev–Trinajstić information content (AvgIpc) is 2.73. The summed E-state index contributed by atoms with van der Waals surface area (Å²) in [5.74, 6) is -0.403. The van der Waals surface area contributed by atoms with Crippen LogP contribution in [0.3, 0.4) is 0 Å². The van der Waals surface area contributed by atoms with Crippen LogP contribution in [-0.2, 0) is 14.3 Å². The van der Waals surface area contributed by atoms with Gasteiger partial charge in [0.05, 0.1) is 5.60 Å². The van der Waals surface area contributed by atoms with Crippen LogP contribution < -0.4 is 0 Å². The summed E-state index contributed by atoms with van der Waals surface area (Å²) in [6.45, 7) is 7.80. The highest BCUT2D eigenvalue weighted by atomic mass is 16.6. The van der Waals surface area contributed by atoms with Crippen LogP contribution >= 0.6 is 0 Å². The molecular weight excluding hydrogens is 308 g/mol. The van der Waals surface area contributed by atoms with Gasteiger partial charge in [-0.3, -0.25) is 9.59 Å². The summed E-state index contributed by atoms with van der Waals surface area (Å²) in [5.41, 5.74) is -1.70. The van der Waals surface area contributed by atoms with Crippen molar-refractivity contribution in [2.75, 3.05) is 0 Å². The Morgan fingerprint density at radius 1 is 1.33 bits per heavy atom. The number of fused-ring (bicyclic) bond motifs is 1. The highest BCUT2D eigenvalue weighted by Gasteiger charge is 2.52. The minimum absolute atomic E-state index is 0.0600. The number of hydrogen-bond acceptors (Lipinski definition) is 4. The molecule has 0 aromatic rings. The van der Waals surface area contributed by atoms with Crippen LogP contribution in [0.5, 0.6) is 0 Å². The number of aliphatic carboxylic acids is 1. The van der Waals surface area contributed by atoms with E-state index in [4.69, 9.17) is 9.84 Å². The molecule has 4 atom stereocenters. The van der Waals surface area contributed by atoms with Crippen LogP contribution in [0.25, 0.3) is 0 Å². The average molecular weight is 338 g/mol. The van der Waals surface area contributed by atoms with E-state index in [1.165, 1.54) is 0 Å². The summed E-state index contributed by atoms with van der Waals surface area (Å²) in [6.07, 6.45) is 7.13. The van der Waals surface area contributed by atoms with E-state index in [9.17, 15) is 14.7 Å². The molecule has 0 radical (unpaired) electrons. The fourth-order valence-electron chi connectivity index (χ4n) is 4.39. The second kappa shape index (κ2) is 6.51. The van der Waals surface area contributed by atoms with E-state index in [0.29, 0.717) is 18.3 Å². The lowest BCUT2D eigenvalue weighted by molar-refractivity contribution is -0.159. The van der Waals surface area contributed by atoms with Gasteiger partial charge in [0.15, 0.2) is 0 Å². The predicted octanol–water partition coefficient (Wildman–Crippen LogP) is 3.31. The maximum Gasteiger partial charge on any atom is 0.306 e. The van der Waals surface area contributed by atoms with Crippen LogP contribution in [0.15, 0.2) is 12.2 Å². The van der Waals surface area contributed by atoms with Gasteiger partial charge >= 0.3 is 11.9 Å². The lowest BCUT2D eigenvalue weighted by Gasteiger charge is -2.37. The third kappa shape index (κ3) is 4.18. The Balaban J connectivity index is 2.16. The Morgan fingerprint density at radius 2 is 2.00 bits per heavy atom. The lowest BCUT2D eigenvalue weighted by Crippen LogP contribution is -2.38. The monoisotopic (exact) mass is 338 g/mol. The third-order valence-electron chi connectivity index (χ3n) is 5.92. The summed E-state index contributed by atoms with van der Waals surface area (Å²) in [5, 5.41) is 19.2. The Morgan fingerprint density at radius 3 is 2.62 bits per heavy atom. The van der Waals surface area contributed by atoms with Crippen LogP contribution in [-0.4, -0.2) is 33.4 Å². The number of rotatable bonds is 5. The summed E-state index contributed by atoms with van der Waals surface area (Å²) >= 11 is 0. The van der Waals surface area contributed by atoms with E-state index in [1.54, 1.807) is 13.0 Å². The summed E-state index contributed by atoms with van der Waals surface area (Å²) < 4.78 is 5.64. The Bertz CT molecular complexity index is 534. The topological polar surface area (TPSA) is 83.8 Å². The van der Waals surface area contributed by atoms with Crippen molar-refractivity contribution in [2.45, 2.75) is 77.4 Å². The number of carboxylic acid groups (broad SMARTS) is 1. The lowest BCUT2D eigenvalue weighted by atomic mass is 9.70. The van der Waals surface area contributed by atoms with E-state index in [1.807, 2.05) is 19.9 Å². The van der Waals surface area contributed by atoms with Gasteiger partial charge in [0.1, 0.15) is 5.60 Å². The molecule has 0 aromatic carbocycles. The van der Waals surface area contributed by atoms with Crippen molar-refractivity contribution in [3.63, 3.8) is 0 Å². The predicted molar refractivity (Wildman–Crippen MR) is 90.4 cm³/mol. The summed E-state index contributed by atoms with van der Waals surface area (Å²) in [4.78, 5) is 22.6. The zero-order chi connectivity index (χ0) is 18.2. The third-order valence-corrected chi connectivity index (χ3v) is 5.92. The molecule has 136 valence electrons. The molecule has 4 unspecified atom stereocenters. The summed E-state index contributed by atoms with van der Waals surface area (Å²) in [7, 11) is 0. The normalized spacial score (nSPS) is 35.1. The number of carbonyl (C=O) groups is 2. The largest absolute Gasteiger partial charge is 0.481 e. The van der Waals surface area contributed by atoms with Crippen molar-refractivity contribution in [1.82, 2.24) is 0 Å². The van der Waals surface area contributed by atoms with E-state index in [0.717, 1.165) is 19.3 Å². The molecule has 1 aliphatic heterocycles. The van der Waals surface area contributed by atoms with Gasteiger partial charge in [0, 0.05) is 18.8 Å². The standard InChI is InChI=1S/C19H30O5/c1-17(2)13-7-9-18(3,14(13)5-6-16(22)24-17)11-12-19(4,23)10-8-15(20)21/h11-14,23H,5-10H2,1-4H3,(H,20,21)/b12-11+. The first-order valence-corrected chi connectivity index (χ1v) is 8.82. The molecule has 2 aliphatic rings. The van der Waals surface area contributed by atoms with Crippen LogP contribution in [0, 0.1) is 17.3 Å². The van der Waals surface area contributed by atoms with Gasteiger partial charge in [0.2, 0.25) is 0 Å². The summed E-state index contributed by atoms with van der Waals surface area (Å²) in [6, 6.07) is 0. The van der Waals surface area contributed by atoms with Gasteiger partial charge in [-0.05, 0) is 57.8 Å². The number of cyclic esters (lactones) is 1. The first kappa shape index (κ1) is 19.0. The van der Waals surface area contributed by atoms with Crippen molar-refractivity contribution in [3.05, 3.63) is 12.2 Å². The molecule has 0 bridgehead atoms. The number of esters is 1. The Labute approximate surface area is 144 Å². The van der Waals surface area contributed by atoms with Crippen molar-refractivity contribution >= 4 is 11.9 Å². The molecule has 2 rings (SSSR count). The van der Waals surface area contributed by atoms with E-state index in [-0.39, 0.29) is 24.2 Å². The molecule has 1 aliphatic carbocycles. The molecule has 5 heteroatoms. The van der Waals surface area contributed by atoms with Crippen molar-refractivity contribution < 1.29 is 24.5 Å². The minimum atomic E-state index is -1.13. The molecule has 24 heavy (non-hydrogen) atoms. The van der Waals surface area contributed by atoms with E-state index >= 15 is 0 Å². The second-order valence-corrected chi connectivity index (χ2v) is 8.46. The number of carbonyl (C=O) groups excluding carboxylic acids is 1. The van der Waals surface area contributed by atoms with Crippen molar-refractivity contribution in [2.24, 2.45) is 17.3 Å². The van der Waals surface area contributed by atoms with Crippen LogP contribution in [0.4, 0.5) is 0 Å². The van der Waals surface area contributed by atoms with E-state index in [2.05, 4.69) is 6.92 Å². The highest BCUT2D eigenvalue weighted by Crippen LogP contribution is 2.55. The Kier molecular flexibility index (Phi) is 5.14. The maximum absolute atomic E-state index is 11.9. The molecule has 1 saturated heterocycles. The van der Waals surface area contributed by atoms with Crippen LogP contribution in [0.1, 0.15) is 66.2 Å². The SMILES string of the molecule is CC(O)(/C=C/C1(C)CCC2C1CCC(=O)OC2(C)C)CCC(=O)O. The number of carboxylic acids is 1.